The number of benzene rings is 3. The average Bonchev–Trinajstić information content (AvgIpc) is 2.96. The second-order valence-corrected chi connectivity index (χ2v) is 11.1. The van der Waals surface area contributed by atoms with Gasteiger partial charge in [0.1, 0.15) is 5.75 Å². The quantitative estimate of drug-likeness (QED) is 0.517. The van der Waals surface area contributed by atoms with Crippen molar-refractivity contribution in [2.75, 3.05) is 44.7 Å². The highest BCUT2D eigenvalue weighted by molar-refractivity contribution is 7.89. The van der Waals surface area contributed by atoms with Crippen LogP contribution in [0.3, 0.4) is 0 Å². The van der Waals surface area contributed by atoms with Crippen LogP contribution in [0, 0.1) is 11.3 Å². The van der Waals surface area contributed by atoms with Crippen LogP contribution in [-0.4, -0.2) is 63.4 Å². The molecule has 0 bridgehead atoms. The molecule has 0 radical (unpaired) electrons. The van der Waals surface area contributed by atoms with Crippen LogP contribution in [0.2, 0.25) is 0 Å². The number of carbonyl (C=O) groups excluding carboxylic acids is 1. The van der Waals surface area contributed by atoms with E-state index < -0.39 is 10.0 Å². The second-order valence-electron chi connectivity index (χ2n) is 9.16. The van der Waals surface area contributed by atoms with Gasteiger partial charge in [-0.1, -0.05) is 24.3 Å². The number of hydrogen-bond donors (Lipinski definition) is 0. The van der Waals surface area contributed by atoms with Gasteiger partial charge in [0.05, 0.1) is 29.3 Å². The number of piperazine rings is 1. The molecule has 0 unspecified atom stereocenters. The van der Waals surface area contributed by atoms with Gasteiger partial charge in [-0.15, -0.1) is 0 Å². The van der Waals surface area contributed by atoms with Gasteiger partial charge >= 0.3 is 0 Å². The first kappa shape index (κ1) is 24.8. The minimum absolute atomic E-state index is 0.0854. The van der Waals surface area contributed by atoms with Crippen LogP contribution in [0.5, 0.6) is 5.75 Å². The van der Waals surface area contributed by atoms with E-state index in [2.05, 4.69) is 17.0 Å². The third-order valence-electron chi connectivity index (χ3n) is 7.05. The van der Waals surface area contributed by atoms with Crippen molar-refractivity contribution >= 4 is 21.6 Å². The molecule has 3 aromatic carbocycles. The Balaban J connectivity index is 1.32. The standard InChI is InChI=1S/C28H28N4O4S/c1-36-27-11-10-25(37(34,35)32-13-12-22-4-2-3-5-24(22)20-32)18-26(27)30-14-16-31(17-15-30)28(33)23-8-6-21(19-29)7-9-23/h2-11,18H,12-17,20H2,1H3. The SMILES string of the molecule is COc1ccc(S(=O)(=O)N2CCc3ccccc3C2)cc1N1CCN(C(=O)c2ccc(C#N)cc2)CC1. The average molecular weight is 517 g/mol. The van der Waals surface area contributed by atoms with Crippen LogP contribution >= 0.6 is 0 Å². The Morgan fingerprint density at radius 3 is 2.30 bits per heavy atom. The molecule has 2 aliphatic rings. The van der Waals surface area contributed by atoms with Crippen LogP contribution in [0.4, 0.5) is 5.69 Å². The van der Waals surface area contributed by atoms with Gasteiger partial charge in [0.2, 0.25) is 10.0 Å². The van der Waals surface area contributed by atoms with Crippen molar-refractivity contribution in [3.63, 3.8) is 0 Å². The third-order valence-corrected chi connectivity index (χ3v) is 8.89. The fourth-order valence-electron chi connectivity index (χ4n) is 4.92. The molecule has 190 valence electrons. The van der Waals surface area contributed by atoms with E-state index in [9.17, 15) is 13.2 Å². The zero-order valence-corrected chi connectivity index (χ0v) is 21.4. The summed E-state index contributed by atoms with van der Waals surface area (Å²) in [5.74, 6) is 0.507. The largest absolute Gasteiger partial charge is 0.495 e. The molecule has 2 heterocycles. The smallest absolute Gasteiger partial charge is 0.253 e. The summed E-state index contributed by atoms with van der Waals surface area (Å²) in [5, 5.41) is 8.98. The third kappa shape index (κ3) is 4.90. The number of fused-ring (bicyclic) bond motifs is 1. The molecule has 0 aromatic heterocycles. The number of nitriles is 1. The Hall–Kier alpha value is -3.87. The maximum Gasteiger partial charge on any atom is 0.253 e. The van der Waals surface area contributed by atoms with Crippen LogP contribution in [0.15, 0.2) is 71.6 Å². The molecular formula is C28H28N4O4S. The summed E-state index contributed by atoms with van der Waals surface area (Å²) in [6, 6.07) is 21.6. The lowest BCUT2D eigenvalue weighted by Gasteiger charge is -2.37. The molecule has 5 rings (SSSR count). The highest BCUT2D eigenvalue weighted by atomic mass is 32.2. The summed E-state index contributed by atoms with van der Waals surface area (Å²) in [4.78, 5) is 17.0. The van der Waals surface area contributed by atoms with Gasteiger partial charge < -0.3 is 14.5 Å². The summed E-state index contributed by atoms with van der Waals surface area (Å²) in [7, 11) is -2.12. The van der Waals surface area contributed by atoms with Crippen molar-refractivity contribution in [2.45, 2.75) is 17.9 Å². The summed E-state index contributed by atoms with van der Waals surface area (Å²) >= 11 is 0. The number of methoxy groups -OCH3 is 1. The number of anilines is 1. The van der Waals surface area contributed by atoms with Crippen LogP contribution < -0.4 is 9.64 Å². The number of nitrogens with zero attached hydrogens (tertiary/aromatic N) is 4. The van der Waals surface area contributed by atoms with Crippen molar-refractivity contribution in [3.8, 4) is 11.8 Å². The van der Waals surface area contributed by atoms with E-state index in [-0.39, 0.29) is 10.8 Å². The highest BCUT2D eigenvalue weighted by Crippen LogP contribution is 2.34. The highest BCUT2D eigenvalue weighted by Gasteiger charge is 2.30. The normalized spacial score (nSPS) is 16.1. The predicted octanol–water partition coefficient (Wildman–Crippen LogP) is 3.28. The molecule has 3 aromatic rings. The molecule has 2 aliphatic heterocycles. The Labute approximate surface area is 217 Å². The zero-order valence-electron chi connectivity index (χ0n) is 20.6. The molecular weight excluding hydrogens is 488 g/mol. The molecule has 37 heavy (non-hydrogen) atoms. The maximum atomic E-state index is 13.6. The minimum Gasteiger partial charge on any atom is -0.495 e. The molecule has 0 atom stereocenters. The van der Waals surface area contributed by atoms with Crippen molar-refractivity contribution in [3.05, 3.63) is 89.0 Å². The fourth-order valence-corrected chi connectivity index (χ4v) is 6.36. The van der Waals surface area contributed by atoms with E-state index in [0.29, 0.717) is 68.3 Å². The van der Waals surface area contributed by atoms with Gasteiger partial charge in [-0.3, -0.25) is 4.79 Å². The first-order chi connectivity index (χ1) is 17.9. The molecule has 9 heteroatoms. The summed E-state index contributed by atoms with van der Waals surface area (Å²) in [6.45, 7) is 2.86. The minimum atomic E-state index is -3.69. The molecule has 8 nitrogen and oxygen atoms in total. The van der Waals surface area contributed by atoms with E-state index >= 15 is 0 Å². The van der Waals surface area contributed by atoms with E-state index in [4.69, 9.17) is 10.00 Å². The summed E-state index contributed by atoms with van der Waals surface area (Å²) < 4.78 is 34.2. The predicted molar refractivity (Wildman–Crippen MR) is 140 cm³/mol. The van der Waals surface area contributed by atoms with Crippen LogP contribution in [0.1, 0.15) is 27.0 Å². The lowest BCUT2D eigenvalue weighted by molar-refractivity contribution is 0.0746. The van der Waals surface area contributed by atoms with Gasteiger partial charge in [-0.05, 0) is 60.0 Å². The number of ether oxygens (including phenoxy) is 1. The van der Waals surface area contributed by atoms with Crippen molar-refractivity contribution in [1.82, 2.24) is 9.21 Å². The molecule has 1 saturated heterocycles. The van der Waals surface area contributed by atoms with E-state index in [1.54, 1.807) is 54.5 Å². The first-order valence-corrected chi connectivity index (χ1v) is 13.6. The summed E-state index contributed by atoms with van der Waals surface area (Å²) in [6.07, 6.45) is 0.688. The van der Waals surface area contributed by atoms with Crippen molar-refractivity contribution in [1.29, 1.82) is 5.26 Å². The number of amides is 1. The summed E-state index contributed by atoms with van der Waals surface area (Å²) in [5.41, 5.74) is 3.98. The van der Waals surface area contributed by atoms with E-state index in [1.165, 1.54) is 9.87 Å². The Morgan fingerprint density at radius 2 is 1.62 bits per heavy atom. The topological polar surface area (TPSA) is 94.0 Å². The van der Waals surface area contributed by atoms with Gasteiger partial charge in [-0.25, -0.2) is 8.42 Å². The maximum absolute atomic E-state index is 13.6. The van der Waals surface area contributed by atoms with Crippen LogP contribution in [-0.2, 0) is 23.0 Å². The van der Waals surface area contributed by atoms with Crippen molar-refractivity contribution in [2.24, 2.45) is 0 Å². The van der Waals surface area contributed by atoms with E-state index in [1.807, 2.05) is 18.2 Å². The lowest BCUT2D eigenvalue weighted by atomic mass is 10.0. The second kappa shape index (κ2) is 10.2. The lowest BCUT2D eigenvalue weighted by Crippen LogP contribution is -2.49. The number of carbonyl (C=O) groups is 1. The molecule has 1 fully saturated rings. The molecule has 0 spiro atoms. The first-order valence-electron chi connectivity index (χ1n) is 12.2. The number of hydrogen-bond acceptors (Lipinski definition) is 6. The van der Waals surface area contributed by atoms with Crippen LogP contribution in [0.25, 0.3) is 0 Å². The number of rotatable bonds is 5. The number of sulfonamides is 1. The zero-order chi connectivity index (χ0) is 26.0. The molecule has 0 aliphatic carbocycles. The van der Waals surface area contributed by atoms with Gasteiger partial charge in [0, 0.05) is 44.8 Å². The van der Waals surface area contributed by atoms with Gasteiger partial charge in [0.15, 0.2) is 0 Å². The Morgan fingerprint density at radius 1 is 0.919 bits per heavy atom. The fraction of sp³-hybridized carbons (Fsp3) is 0.286. The molecule has 0 N–H and O–H groups in total. The van der Waals surface area contributed by atoms with Gasteiger partial charge in [-0.2, -0.15) is 9.57 Å². The van der Waals surface area contributed by atoms with Gasteiger partial charge in [0.25, 0.3) is 5.91 Å². The Bertz CT molecular complexity index is 1460. The van der Waals surface area contributed by atoms with E-state index in [0.717, 1.165) is 5.56 Å². The Kier molecular flexibility index (Phi) is 6.87. The monoisotopic (exact) mass is 516 g/mol. The molecule has 0 saturated carbocycles. The van der Waals surface area contributed by atoms with Crippen molar-refractivity contribution < 1.29 is 17.9 Å². The molecule has 1 amide bonds.